The normalized spacial score (nSPS) is 15.5. The molecule has 30 heavy (non-hydrogen) atoms. The van der Waals surface area contributed by atoms with Gasteiger partial charge in [-0.1, -0.05) is 6.07 Å². The van der Waals surface area contributed by atoms with Crippen molar-refractivity contribution in [3.05, 3.63) is 48.0 Å². The molecule has 1 unspecified atom stereocenters. The first-order valence-electron chi connectivity index (χ1n) is 8.82. The standard InChI is InChI=1S/C16H19N5O2.C2HF3O2/c1-12(22)20-10-14-5-7-19-21(14)15(11-20)8-16(23)18-9-13-4-2-3-6-17-13;3-2(4,5)1(6)7/h2-7,15H,8-11H2,1H3,(H,18,23);(H,6,7). The van der Waals surface area contributed by atoms with Crippen molar-refractivity contribution in [2.45, 2.75) is 38.7 Å². The van der Waals surface area contributed by atoms with Crippen molar-refractivity contribution in [1.82, 2.24) is 25.0 Å². The van der Waals surface area contributed by atoms with Crippen LogP contribution in [0.25, 0.3) is 0 Å². The molecule has 0 aromatic carbocycles. The van der Waals surface area contributed by atoms with Gasteiger partial charge in [-0.05, 0) is 18.2 Å². The summed E-state index contributed by atoms with van der Waals surface area (Å²) >= 11 is 0. The first-order chi connectivity index (χ1) is 14.1. The maximum atomic E-state index is 12.2. The van der Waals surface area contributed by atoms with Crippen molar-refractivity contribution in [3.63, 3.8) is 0 Å². The number of nitrogens with zero attached hydrogens (tertiary/aromatic N) is 4. The number of amides is 2. The molecule has 3 heterocycles. The van der Waals surface area contributed by atoms with Crippen molar-refractivity contribution in [3.8, 4) is 0 Å². The monoisotopic (exact) mass is 427 g/mol. The molecule has 1 aliphatic rings. The van der Waals surface area contributed by atoms with Crippen LogP contribution in [0.5, 0.6) is 0 Å². The number of halogens is 3. The maximum Gasteiger partial charge on any atom is 0.490 e. The van der Waals surface area contributed by atoms with Gasteiger partial charge in [0, 0.05) is 25.9 Å². The fourth-order valence-corrected chi connectivity index (χ4v) is 2.76. The van der Waals surface area contributed by atoms with Crippen molar-refractivity contribution in [2.75, 3.05) is 6.54 Å². The van der Waals surface area contributed by atoms with Crippen LogP contribution in [0.2, 0.25) is 0 Å². The Kier molecular flexibility index (Phi) is 7.50. The van der Waals surface area contributed by atoms with E-state index in [1.807, 2.05) is 28.9 Å². The Morgan fingerprint density at radius 3 is 2.50 bits per heavy atom. The summed E-state index contributed by atoms with van der Waals surface area (Å²) in [4.78, 5) is 38.7. The number of carbonyl (C=O) groups is 3. The zero-order chi connectivity index (χ0) is 22.3. The topological polar surface area (TPSA) is 117 Å². The van der Waals surface area contributed by atoms with Gasteiger partial charge in [0.15, 0.2) is 0 Å². The molecular formula is C18H20F3N5O4. The van der Waals surface area contributed by atoms with Gasteiger partial charge < -0.3 is 15.3 Å². The summed E-state index contributed by atoms with van der Waals surface area (Å²) in [5.74, 6) is -2.82. The van der Waals surface area contributed by atoms with Crippen LogP contribution in [0.1, 0.15) is 30.8 Å². The number of aromatic nitrogens is 3. The predicted molar refractivity (Wildman–Crippen MR) is 96.7 cm³/mol. The number of carboxylic acids is 1. The minimum Gasteiger partial charge on any atom is -0.475 e. The van der Waals surface area contributed by atoms with Gasteiger partial charge in [-0.3, -0.25) is 19.3 Å². The van der Waals surface area contributed by atoms with Crippen LogP contribution < -0.4 is 5.32 Å². The average Bonchev–Trinajstić information content (AvgIpc) is 3.16. The Bertz CT molecular complexity index is 885. The van der Waals surface area contributed by atoms with E-state index < -0.39 is 12.1 Å². The van der Waals surface area contributed by atoms with E-state index in [4.69, 9.17) is 9.90 Å². The van der Waals surface area contributed by atoms with Gasteiger partial charge in [-0.25, -0.2) is 4.79 Å². The molecule has 2 N–H and O–H groups in total. The lowest BCUT2D eigenvalue weighted by Crippen LogP contribution is -2.42. The molecule has 2 aromatic heterocycles. The Hall–Kier alpha value is -3.44. The van der Waals surface area contributed by atoms with Gasteiger partial charge in [0.25, 0.3) is 0 Å². The van der Waals surface area contributed by atoms with E-state index in [0.29, 0.717) is 19.6 Å². The molecule has 162 valence electrons. The molecule has 0 bridgehead atoms. The second-order valence-corrected chi connectivity index (χ2v) is 6.43. The van der Waals surface area contributed by atoms with E-state index in [9.17, 15) is 22.8 Å². The highest BCUT2D eigenvalue weighted by molar-refractivity contribution is 5.77. The Labute approximate surface area is 169 Å². The number of rotatable bonds is 4. The maximum absolute atomic E-state index is 12.2. The minimum absolute atomic E-state index is 0.0105. The second kappa shape index (κ2) is 9.85. The van der Waals surface area contributed by atoms with Crippen molar-refractivity contribution >= 4 is 17.8 Å². The number of carbonyl (C=O) groups excluding carboxylic acids is 2. The summed E-state index contributed by atoms with van der Waals surface area (Å²) in [6.45, 7) is 2.99. The van der Waals surface area contributed by atoms with Crippen LogP contribution in [0.15, 0.2) is 36.7 Å². The highest BCUT2D eigenvalue weighted by Crippen LogP contribution is 2.23. The summed E-state index contributed by atoms with van der Waals surface area (Å²) in [5, 5.41) is 14.3. The second-order valence-electron chi connectivity index (χ2n) is 6.43. The van der Waals surface area contributed by atoms with Gasteiger partial charge in [-0.15, -0.1) is 0 Å². The quantitative estimate of drug-likeness (QED) is 0.764. The SMILES string of the molecule is CC(=O)N1Cc2ccnn2C(CC(=O)NCc2ccccn2)C1.O=C(O)C(F)(F)F. The van der Waals surface area contributed by atoms with E-state index in [1.54, 1.807) is 24.2 Å². The Balaban J connectivity index is 0.000000396. The summed E-state index contributed by atoms with van der Waals surface area (Å²) in [7, 11) is 0. The van der Waals surface area contributed by atoms with E-state index in [2.05, 4.69) is 15.4 Å². The molecule has 0 aliphatic carbocycles. The number of pyridine rings is 1. The van der Waals surface area contributed by atoms with Crippen molar-refractivity contribution < 1.29 is 32.7 Å². The number of carboxylic acid groups (broad SMARTS) is 1. The van der Waals surface area contributed by atoms with Gasteiger partial charge in [0.05, 0.1) is 36.9 Å². The Morgan fingerprint density at radius 2 is 1.93 bits per heavy atom. The van der Waals surface area contributed by atoms with Gasteiger partial charge in [0.1, 0.15) is 0 Å². The van der Waals surface area contributed by atoms with Crippen LogP contribution in [-0.2, 0) is 27.5 Å². The highest BCUT2D eigenvalue weighted by Gasteiger charge is 2.38. The smallest absolute Gasteiger partial charge is 0.475 e. The molecule has 9 nitrogen and oxygen atoms in total. The van der Waals surface area contributed by atoms with Gasteiger partial charge >= 0.3 is 12.1 Å². The molecule has 12 heteroatoms. The molecule has 0 fully saturated rings. The van der Waals surface area contributed by atoms with E-state index in [-0.39, 0.29) is 24.3 Å². The number of fused-ring (bicyclic) bond motifs is 1. The first-order valence-corrected chi connectivity index (χ1v) is 8.82. The molecule has 0 saturated carbocycles. The summed E-state index contributed by atoms with van der Waals surface area (Å²) in [6, 6.07) is 7.33. The molecule has 0 radical (unpaired) electrons. The number of hydrogen-bond donors (Lipinski definition) is 2. The van der Waals surface area contributed by atoms with Crippen LogP contribution in [-0.4, -0.2) is 55.3 Å². The summed E-state index contributed by atoms with van der Waals surface area (Å²) < 4.78 is 33.6. The number of nitrogens with one attached hydrogen (secondary N) is 1. The predicted octanol–water partition coefficient (Wildman–Crippen LogP) is 1.52. The molecule has 1 atom stereocenters. The third-order valence-electron chi connectivity index (χ3n) is 4.18. The molecule has 2 amide bonds. The summed E-state index contributed by atoms with van der Waals surface area (Å²) in [5.41, 5.74) is 1.77. The largest absolute Gasteiger partial charge is 0.490 e. The lowest BCUT2D eigenvalue weighted by Gasteiger charge is -2.33. The summed E-state index contributed by atoms with van der Waals surface area (Å²) in [6.07, 6.45) is -1.40. The van der Waals surface area contributed by atoms with Crippen molar-refractivity contribution in [1.29, 1.82) is 0 Å². The van der Waals surface area contributed by atoms with Gasteiger partial charge in [-0.2, -0.15) is 18.3 Å². The lowest BCUT2D eigenvalue weighted by molar-refractivity contribution is -0.192. The van der Waals surface area contributed by atoms with E-state index in [1.165, 1.54) is 0 Å². The van der Waals surface area contributed by atoms with Gasteiger partial charge in [0.2, 0.25) is 11.8 Å². The molecular weight excluding hydrogens is 407 g/mol. The minimum atomic E-state index is -5.08. The zero-order valence-electron chi connectivity index (χ0n) is 16.0. The number of alkyl halides is 3. The lowest BCUT2D eigenvalue weighted by atomic mass is 10.1. The average molecular weight is 427 g/mol. The molecule has 3 rings (SSSR count). The van der Waals surface area contributed by atoms with Crippen LogP contribution in [0.3, 0.4) is 0 Å². The fraction of sp³-hybridized carbons (Fsp3) is 0.389. The van der Waals surface area contributed by atoms with E-state index >= 15 is 0 Å². The zero-order valence-corrected chi connectivity index (χ0v) is 16.0. The molecule has 1 aliphatic heterocycles. The highest BCUT2D eigenvalue weighted by atomic mass is 19.4. The fourth-order valence-electron chi connectivity index (χ4n) is 2.76. The van der Waals surface area contributed by atoms with Crippen LogP contribution in [0.4, 0.5) is 13.2 Å². The third-order valence-corrected chi connectivity index (χ3v) is 4.18. The third kappa shape index (κ3) is 6.57. The van der Waals surface area contributed by atoms with Crippen molar-refractivity contribution in [2.24, 2.45) is 0 Å². The molecule has 0 spiro atoms. The first kappa shape index (κ1) is 22.8. The van der Waals surface area contributed by atoms with E-state index in [0.717, 1.165) is 11.4 Å². The number of aliphatic carboxylic acids is 1. The number of hydrogen-bond acceptors (Lipinski definition) is 5. The Morgan fingerprint density at radius 1 is 1.23 bits per heavy atom. The van der Waals surface area contributed by atoms with Crippen LogP contribution >= 0.6 is 0 Å². The van der Waals surface area contributed by atoms with Crippen LogP contribution in [0, 0.1) is 0 Å². The molecule has 2 aromatic rings. The molecule has 0 saturated heterocycles.